The highest BCUT2D eigenvalue weighted by atomic mass is 19.4. The summed E-state index contributed by atoms with van der Waals surface area (Å²) in [4.78, 5) is 15.7. The molecule has 8 heteroatoms. The van der Waals surface area contributed by atoms with Gasteiger partial charge in [0.25, 0.3) is 0 Å². The van der Waals surface area contributed by atoms with E-state index in [-0.39, 0.29) is 12.4 Å². The van der Waals surface area contributed by atoms with Crippen molar-refractivity contribution in [3.05, 3.63) is 23.9 Å². The number of carbonyl (C=O) groups is 1. The third-order valence-corrected chi connectivity index (χ3v) is 4.23. The van der Waals surface area contributed by atoms with Gasteiger partial charge in [-0.2, -0.15) is 13.2 Å². The van der Waals surface area contributed by atoms with Gasteiger partial charge in [0.15, 0.2) is 6.61 Å². The molecule has 1 fully saturated rings. The molecule has 1 aromatic heterocycles. The molecule has 0 saturated heterocycles. The van der Waals surface area contributed by atoms with Crippen molar-refractivity contribution in [1.29, 1.82) is 0 Å². The lowest BCUT2D eigenvalue weighted by Crippen LogP contribution is -2.35. The molecule has 0 spiro atoms. The summed E-state index contributed by atoms with van der Waals surface area (Å²) < 4.78 is 41.0. The Hall–Kier alpha value is -1.83. The second kappa shape index (κ2) is 9.03. The van der Waals surface area contributed by atoms with E-state index < -0.39 is 24.8 Å². The Morgan fingerprint density at radius 2 is 2.08 bits per heavy atom. The first kappa shape index (κ1) is 19.5. The number of nitrogens with zero attached hydrogens (tertiary/aromatic N) is 1. The minimum atomic E-state index is -4.44. The minimum Gasteiger partial charge on any atom is -0.468 e. The number of aliphatic hydroxyl groups is 1. The average molecular weight is 360 g/mol. The second-order valence-electron chi connectivity index (χ2n) is 6.38. The summed E-state index contributed by atoms with van der Waals surface area (Å²) in [6, 6.07) is 2.90. The van der Waals surface area contributed by atoms with E-state index in [1.165, 1.54) is 18.7 Å². The standard InChI is InChI=1S/C17H23F3N2O3/c18-17(19,20)11-25-15-9-13(6-7-21-15)10-22-16(24)14(23)8-12-4-2-1-3-5-12/h6-7,9,12,14,23H,1-5,8,10-11H2,(H,22,24)/t14-/m1/s1. The smallest absolute Gasteiger partial charge is 0.422 e. The van der Waals surface area contributed by atoms with E-state index >= 15 is 0 Å². The quantitative estimate of drug-likeness (QED) is 0.784. The molecule has 0 unspecified atom stereocenters. The maximum Gasteiger partial charge on any atom is 0.422 e. The fourth-order valence-corrected chi connectivity index (χ4v) is 2.95. The highest BCUT2D eigenvalue weighted by Gasteiger charge is 2.28. The molecule has 1 amide bonds. The molecular weight excluding hydrogens is 337 g/mol. The number of alkyl halides is 3. The summed E-state index contributed by atoms with van der Waals surface area (Å²) in [6.07, 6.45) is 1.81. The Morgan fingerprint density at radius 1 is 1.36 bits per heavy atom. The van der Waals surface area contributed by atoms with E-state index in [4.69, 9.17) is 0 Å². The van der Waals surface area contributed by atoms with Gasteiger partial charge >= 0.3 is 6.18 Å². The van der Waals surface area contributed by atoms with Crippen molar-refractivity contribution in [2.24, 2.45) is 5.92 Å². The van der Waals surface area contributed by atoms with E-state index in [9.17, 15) is 23.1 Å². The Morgan fingerprint density at radius 3 is 2.76 bits per heavy atom. The SMILES string of the molecule is O=C(NCc1ccnc(OCC(F)(F)F)c1)[C@H](O)CC1CCCCC1. The lowest BCUT2D eigenvalue weighted by Gasteiger charge is -2.23. The number of rotatable bonds is 7. The van der Waals surface area contributed by atoms with Crippen molar-refractivity contribution in [1.82, 2.24) is 10.3 Å². The van der Waals surface area contributed by atoms with E-state index in [1.54, 1.807) is 6.07 Å². The number of hydrogen-bond acceptors (Lipinski definition) is 4. The zero-order valence-electron chi connectivity index (χ0n) is 13.9. The van der Waals surface area contributed by atoms with Gasteiger partial charge in [-0.1, -0.05) is 32.1 Å². The molecular formula is C17H23F3N2O3. The van der Waals surface area contributed by atoms with Crippen molar-refractivity contribution in [3.8, 4) is 5.88 Å². The molecule has 25 heavy (non-hydrogen) atoms. The number of nitrogens with one attached hydrogen (secondary N) is 1. The normalized spacial score (nSPS) is 17.1. The van der Waals surface area contributed by atoms with Gasteiger partial charge in [0.05, 0.1) is 0 Å². The molecule has 2 N–H and O–H groups in total. The van der Waals surface area contributed by atoms with Crippen LogP contribution in [0.1, 0.15) is 44.1 Å². The van der Waals surface area contributed by atoms with Gasteiger partial charge in [-0.3, -0.25) is 4.79 Å². The number of aliphatic hydroxyl groups excluding tert-OH is 1. The third kappa shape index (κ3) is 7.29. The molecule has 2 rings (SSSR count). The zero-order valence-corrected chi connectivity index (χ0v) is 13.9. The van der Waals surface area contributed by atoms with Crippen LogP contribution in [0.25, 0.3) is 0 Å². The molecule has 1 heterocycles. The van der Waals surface area contributed by atoms with Crippen LogP contribution in [0.4, 0.5) is 13.2 Å². The van der Waals surface area contributed by atoms with Gasteiger partial charge in [0, 0.05) is 18.8 Å². The van der Waals surface area contributed by atoms with Crippen molar-refractivity contribution >= 4 is 5.91 Å². The highest BCUT2D eigenvalue weighted by Crippen LogP contribution is 2.27. The summed E-state index contributed by atoms with van der Waals surface area (Å²) >= 11 is 0. The predicted octanol–water partition coefficient (Wildman–Crippen LogP) is 2.97. The number of halogens is 3. The molecule has 0 aromatic carbocycles. The monoisotopic (exact) mass is 360 g/mol. The van der Waals surface area contributed by atoms with Gasteiger partial charge in [-0.15, -0.1) is 0 Å². The summed E-state index contributed by atoms with van der Waals surface area (Å²) in [5.74, 6) is -0.259. The van der Waals surface area contributed by atoms with Crippen LogP contribution < -0.4 is 10.1 Å². The Bertz CT molecular complexity index is 560. The largest absolute Gasteiger partial charge is 0.468 e. The van der Waals surface area contributed by atoms with E-state index in [0.717, 1.165) is 25.7 Å². The van der Waals surface area contributed by atoms with Crippen molar-refractivity contribution in [2.75, 3.05) is 6.61 Å². The van der Waals surface area contributed by atoms with Crippen molar-refractivity contribution in [3.63, 3.8) is 0 Å². The lowest BCUT2D eigenvalue weighted by molar-refractivity contribution is -0.154. The summed E-state index contributed by atoms with van der Waals surface area (Å²) in [5.41, 5.74) is 0.547. The van der Waals surface area contributed by atoms with Gasteiger partial charge in [0.1, 0.15) is 6.10 Å². The fraction of sp³-hybridized carbons (Fsp3) is 0.647. The third-order valence-electron chi connectivity index (χ3n) is 4.23. The maximum absolute atomic E-state index is 12.1. The first-order valence-corrected chi connectivity index (χ1v) is 8.44. The molecule has 0 bridgehead atoms. The Labute approximate surface area is 144 Å². The van der Waals surface area contributed by atoms with Crippen molar-refractivity contribution < 1.29 is 27.8 Å². The van der Waals surface area contributed by atoms with Gasteiger partial charge in [-0.25, -0.2) is 4.98 Å². The Kier molecular flexibility index (Phi) is 7.04. The lowest BCUT2D eigenvalue weighted by atomic mass is 9.85. The number of carbonyl (C=O) groups excluding carboxylic acids is 1. The predicted molar refractivity (Wildman–Crippen MR) is 84.8 cm³/mol. The average Bonchev–Trinajstić information content (AvgIpc) is 2.58. The van der Waals surface area contributed by atoms with Crippen LogP contribution >= 0.6 is 0 Å². The molecule has 0 radical (unpaired) electrons. The summed E-state index contributed by atoms with van der Waals surface area (Å²) in [6.45, 7) is -1.33. The molecule has 0 aliphatic heterocycles. The van der Waals surface area contributed by atoms with Gasteiger partial charge < -0.3 is 15.2 Å². The van der Waals surface area contributed by atoms with Crippen LogP contribution in [-0.4, -0.2) is 34.9 Å². The first-order chi connectivity index (χ1) is 11.8. The second-order valence-corrected chi connectivity index (χ2v) is 6.38. The number of aromatic nitrogens is 1. The summed E-state index contributed by atoms with van der Waals surface area (Å²) in [5, 5.41) is 12.6. The topological polar surface area (TPSA) is 71.5 Å². The molecule has 1 aliphatic rings. The van der Waals surface area contributed by atoms with E-state index in [1.807, 2.05) is 0 Å². The zero-order chi connectivity index (χ0) is 18.3. The van der Waals surface area contributed by atoms with Crippen LogP contribution in [0.2, 0.25) is 0 Å². The first-order valence-electron chi connectivity index (χ1n) is 8.44. The van der Waals surface area contributed by atoms with Crippen LogP contribution in [0, 0.1) is 5.92 Å². The van der Waals surface area contributed by atoms with Crippen molar-refractivity contribution in [2.45, 2.75) is 57.3 Å². The van der Waals surface area contributed by atoms with Crippen LogP contribution in [-0.2, 0) is 11.3 Å². The number of ether oxygens (including phenoxy) is 1. The van der Waals surface area contributed by atoms with Gasteiger partial charge in [0.2, 0.25) is 11.8 Å². The fourth-order valence-electron chi connectivity index (χ4n) is 2.95. The highest BCUT2D eigenvalue weighted by molar-refractivity contribution is 5.80. The van der Waals surface area contributed by atoms with Gasteiger partial charge in [-0.05, 0) is 24.0 Å². The van der Waals surface area contributed by atoms with E-state index in [2.05, 4.69) is 15.0 Å². The molecule has 1 aliphatic carbocycles. The van der Waals surface area contributed by atoms with Crippen LogP contribution in [0.5, 0.6) is 5.88 Å². The van der Waals surface area contributed by atoms with Crippen LogP contribution in [0.3, 0.4) is 0 Å². The maximum atomic E-state index is 12.1. The molecule has 1 aromatic rings. The number of pyridine rings is 1. The van der Waals surface area contributed by atoms with Crippen LogP contribution in [0.15, 0.2) is 18.3 Å². The summed E-state index contributed by atoms with van der Waals surface area (Å²) in [7, 11) is 0. The molecule has 1 saturated carbocycles. The molecule has 140 valence electrons. The number of amides is 1. The minimum absolute atomic E-state index is 0.0887. The molecule has 5 nitrogen and oxygen atoms in total. The molecule has 1 atom stereocenters. The van der Waals surface area contributed by atoms with E-state index in [0.29, 0.717) is 17.9 Å². The number of hydrogen-bond donors (Lipinski definition) is 2. The Balaban J connectivity index is 1.78.